The number of nitrogens with zero attached hydrogens (tertiary/aromatic N) is 1. The summed E-state index contributed by atoms with van der Waals surface area (Å²) in [6, 6.07) is 4.88. The molecule has 1 aromatic rings. The van der Waals surface area contributed by atoms with Crippen molar-refractivity contribution in [3.8, 4) is 0 Å². The lowest BCUT2D eigenvalue weighted by molar-refractivity contribution is -0.383. The van der Waals surface area contributed by atoms with Crippen LogP contribution in [0.3, 0.4) is 0 Å². The van der Waals surface area contributed by atoms with Crippen molar-refractivity contribution in [1.29, 1.82) is 0 Å². The first kappa shape index (κ1) is 12.1. The molecule has 1 atom stereocenters. The molecular formula is C11H13ClN2O3. The van der Waals surface area contributed by atoms with Gasteiger partial charge in [-0.15, -0.1) is 0 Å². The zero-order chi connectivity index (χ0) is 12.3. The predicted molar refractivity (Wildman–Crippen MR) is 65.5 cm³/mol. The van der Waals surface area contributed by atoms with E-state index in [1.165, 1.54) is 6.07 Å². The Labute approximate surface area is 104 Å². The van der Waals surface area contributed by atoms with Gasteiger partial charge in [-0.25, -0.2) is 0 Å². The van der Waals surface area contributed by atoms with Gasteiger partial charge in [0.05, 0.1) is 11.5 Å². The van der Waals surface area contributed by atoms with Gasteiger partial charge in [0.2, 0.25) is 0 Å². The number of para-hydroxylation sites is 1. The average Bonchev–Trinajstić information content (AvgIpc) is 2.78. The highest BCUT2D eigenvalue weighted by molar-refractivity contribution is 6.33. The van der Waals surface area contributed by atoms with Crippen molar-refractivity contribution in [2.24, 2.45) is 5.92 Å². The Morgan fingerprint density at radius 3 is 3.06 bits per heavy atom. The zero-order valence-electron chi connectivity index (χ0n) is 9.19. The van der Waals surface area contributed by atoms with Crippen molar-refractivity contribution in [3.05, 3.63) is 33.3 Å². The van der Waals surface area contributed by atoms with E-state index in [0.717, 1.165) is 13.0 Å². The second kappa shape index (κ2) is 5.33. The Balaban J connectivity index is 2.09. The Bertz CT molecular complexity index is 419. The third kappa shape index (κ3) is 2.87. The van der Waals surface area contributed by atoms with E-state index in [9.17, 15) is 10.1 Å². The third-order valence-electron chi connectivity index (χ3n) is 2.77. The standard InChI is InChI=1S/C11H13ClN2O3/c12-9-2-1-3-10(11(9)14(15)16)13-6-8-4-5-17-7-8/h1-3,8,13H,4-7H2. The molecule has 0 bridgehead atoms. The molecule has 92 valence electrons. The summed E-state index contributed by atoms with van der Waals surface area (Å²) >= 11 is 5.81. The molecule has 0 spiro atoms. The molecule has 5 nitrogen and oxygen atoms in total. The monoisotopic (exact) mass is 256 g/mol. The van der Waals surface area contributed by atoms with Gasteiger partial charge in [-0.05, 0) is 18.6 Å². The zero-order valence-corrected chi connectivity index (χ0v) is 9.94. The van der Waals surface area contributed by atoms with Crippen LogP contribution in [0.15, 0.2) is 18.2 Å². The number of nitrogens with one attached hydrogen (secondary N) is 1. The Morgan fingerprint density at radius 2 is 2.41 bits per heavy atom. The molecule has 1 aliphatic rings. The molecule has 1 N–H and O–H groups in total. The van der Waals surface area contributed by atoms with Crippen molar-refractivity contribution in [3.63, 3.8) is 0 Å². The smallest absolute Gasteiger partial charge is 0.310 e. The number of nitro benzene ring substituents is 1. The number of rotatable bonds is 4. The Morgan fingerprint density at radius 1 is 1.59 bits per heavy atom. The van der Waals surface area contributed by atoms with E-state index in [0.29, 0.717) is 24.8 Å². The van der Waals surface area contributed by atoms with Gasteiger partial charge in [-0.1, -0.05) is 17.7 Å². The first-order valence-electron chi connectivity index (χ1n) is 5.43. The average molecular weight is 257 g/mol. The van der Waals surface area contributed by atoms with Crippen molar-refractivity contribution in [2.45, 2.75) is 6.42 Å². The second-order valence-corrected chi connectivity index (χ2v) is 4.41. The molecule has 0 radical (unpaired) electrons. The quantitative estimate of drug-likeness (QED) is 0.664. The van der Waals surface area contributed by atoms with Gasteiger partial charge in [0.1, 0.15) is 10.7 Å². The highest BCUT2D eigenvalue weighted by Crippen LogP contribution is 2.32. The van der Waals surface area contributed by atoms with Crippen LogP contribution in [0.4, 0.5) is 11.4 Å². The minimum Gasteiger partial charge on any atom is -0.381 e. The summed E-state index contributed by atoms with van der Waals surface area (Å²) in [5.41, 5.74) is 0.405. The van der Waals surface area contributed by atoms with Gasteiger partial charge in [0, 0.05) is 19.1 Å². The maximum Gasteiger partial charge on any atom is 0.310 e. The van der Waals surface area contributed by atoms with E-state index in [1.54, 1.807) is 12.1 Å². The maximum absolute atomic E-state index is 10.9. The number of hydrogen-bond donors (Lipinski definition) is 1. The molecule has 2 rings (SSSR count). The van der Waals surface area contributed by atoms with Crippen molar-refractivity contribution in [2.75, 3.05) is 25.1 Å². The van der Waals surface area contributed by atoms with Gasteiger partial charge >= 0.3 is 5.69 Å². The fourth-order valence-electron chi connectivity index (χ4n) is 1.84. The molecule has 0 amide bonds. The predicted octanol–water partition coefficient (Wildman–Crippen LogP) is 2.70. The van der Waals surface area contributed by atoms with Gasteiger partial charge in [-0.3, -0.25) is 10.1 Å². The van der Waals surface area contributed by atoms with E-state index < -0.39 is 4.92 Å². The van der Waals surface area contributed by atoms with E-state index >= 15 is 0 Å². The lowest BCUT2D eigenvalue weighted by Crippen LogP contribution is -2.14. The first-order valence-corrected chi connectivity index (χ1v) is 5.81. The molecule has 1 aromatic carbocycles. The normalized spacial score (nSPS) is 19.2. The SMILES string of the molecule is O=[N+]([O-])c1c(Cl)cccc1NCC1CCOC1. The largest absolute Gasteiger partial charge is 0.381 e. The van der Waals surface area contributed by atoms with Crippen LogP contribution in [-0.4, -0.2) is 24.7 Å². The molecule has 1 unspecified atom stereocenters. The number of anilines is 1. The summed E-state index contributed by atoms with van der Waals surface area (Å²) < 4.78 is 5.25. The minimum atomic E-state index is -0.462. The molecule has 1 fully saturated rings. The molecule has 0 aliphatic carbocycles. The fourth-order valence-corrected chi connectivity index (χ4v) is 2.09. The molecule has 6 heteroatoms. The summed E-state index contributed by atoms with van der Waals surface area (Å²) in [7, 11) is 0. The maximum atomic E-state index is 10.9. The van der Waals surface area contributed by atoms with Gasteiger partial charge < -0.3 is 10.1 Å². The number of nitro groups is 1. The van der Waals surface area contributed by atoms with Crippen LogP contribution in [0.1, 0.15) is 6.42 Å². The molecule has 1 saturated heterocycles. The molecule has 1 heterocycles. The van der Waals surface area contributed by atoms with Crippen LogP contribution in [0, 0.1) is 16.0 Å². The van der Waals surface area contributed by atoms with Crippen molar-refractivity contribution in [1.82, 2.24) is 0 Å². The topological polar surface area (TPSA) is 64.4 Å². The number of benzene rings is 1. The third-order valence-corrected chi connectivity index (χ3v) is 3.08. The van der Waals surface area contributed by atoms with Crippen LogP contribution in [0.25, 0.3) is 0 Å². The Hall–Kier alpha value is -1.33. The highest BCUT2D eigenvalue weighted by atomic mass is 35.5. The van der Waals surface area contributed by atoms with E-state index in [2.05, 4.69) is 5.32 Å². The van der Waals surface area contributed by atoms with Gasteiger partial charge in [0.25, 0.3) is 0 Å². The molecule has 1 aliphatic heterocycles. The van der Waals surface area contributed by atoms with Gasteiger partial charge in [-0.2, -0.15) is 0 Å². The number of halogens is 1. The summed E-state index contributed by atoms with van der Waals surface area (Å²) in [5, 5.41) is 14.1. The summed E-state index contributed by atoms with van der Waals surface area (Å²) in [6.07, 6.45) is 0.987. The minimum absolute atomic E-state index is 0.0620. The molecule has 17 heavy (non-hydrogen) atoms. The lowest BCUT2D eigenvalue weighted by atomic mass is 10.1. The molecule has 0 saturated carbocycles. The second-order valence-electron chi connectivity index (χ2n) is 4.00. The Kier molecular flexibility index (Phi) is 3.81. The van der Waals surface area contributed by atoms with Crippen LogP contribution in [0.5, 0.6) is 0 Å². The number of hydrogen-bond acceptors (Lipinski definition) is 4. The summed E-state index contributed by atoms with van der Waals surface area (Å²) in [5.74, 6) is 0.411. The highest BCUT2D eigenvalue weighted by Gasteiger charge is 2.20. The van der Waals surface area contributed by atoms with Crippen LogP contribution in [0.2, 0.25) is 5.02 Å². The van der Waals surface area contributed by atoms with E-state index in [4.69, 9.17) is 16.3 Å². The van der Waals surface area contributed by atoms with Crippen molar-refractivity contribution < 1.29 is 9.66 Å². The first-order chi connectivity index (χ1) is 8.18. The van der Waals surface area contributed by atoms with Crippen molar-refractivity contribution >= 4 is 23.0 Å². The van der Waals surface area contributed by atoms with E-state index in [1.807, 2.05) is 0 Å². The molecular weight excluding hydrogens is 244 g/mol. The molecule has 0 aromatic heterocycles. The van der Waals surface area contributed by atoms with Crippen LogP contribution in [-0.2, 0) is 4.74 Å². The summed E-state index contributed by atoms with van der Waals surface area (Å²) in [4.78, 5) is 10.4. The van der Waals surface area contributed by atoms with Gasteiger partial charge in [0.15, 0.2) is 0 Å². The fraction of sp³-hybridized carbons (Fsp3) is 0.455. The van der Waals surface area contributed by atoms with E-state index in [-0.39, 0.29) is 10.7 Å². The summed E-state index contributed by atoms with van der Waals surface area (Å²) in [6.45, 7) is 2.15. The number of ether oxygens (including phenoxy) is 1. The van der Waals surface area contributed by atoms with Crippen LogP contribution >= 0.6 is 11.6 Å². The lowest BCUT2D eigenvalue weighted by Gasteiger charge is -2.11. The van der Waals surface area contributed by atoms with Crippen LogP contribution < -0.4 is 5.32 Å².